The fraction of sp³-hybridized carbons (Fsp3) is 0.250. The van der Waals surface area contributed by atoms with Crippen molar-refractivity contribution in [1.82, 2.24) is 0 Å². The van der Waals surface area contributed by atoms with Crippen molar-refractivity contribution in [3.8, 4) is 11.5 Å². The number of fused-ring (bicyclic) bond motifs is 2. The van der Waals surface area contributed by atoms with E-state index in [2.05, 4.69) is 24.3 Å². The lowest BCUT2D eigenvalue weighted by atomic mass is 9.70. The molecule has 3 N–H and O–H groups in total. The zero-order chi connectivity index (χ0) is 18.6. The smallest absolute Gasteiger partial charge is 0.121 e. The van der Waals surface area contributed by atoms with E-state index in [1.165, 1.54) is 11.1 Å². The molecule has 0 aliphatic heterocycles. The van der Waals surface area contributed by atoms with Gasteiger partial charge < -0.3 is 15.3 Å². The maximum atomic E-state index is 11.4. The van der Waals surface area contributed by atoms with Crippen LogP contribution in [0.2, 0.25) is 0 Å². The van der Waals surface area contributed by atoms with E-state index in [1.54, 1.807) is 18.2 Å². The summed E-state index contributed by atoms with van der Waals surface area (Å²) in [5.74, 6) is 0.543. The van der Waals surface area contributed by atoms with Gasteiger partial charge in [0.25, 0.3) is 0 Å². The fourth-order valence-corrected chi connectivity index (χ4v) is 5.25. The van der Waals surface area contributed by atoms with Crippen molar-refractivity contribution >= 4 is 0 Å². The molecule has 0 heterocycles. The van der Waals surface area contributed by atoms with Crippen molar-refractivity contribution in [3.63, 3.8) is 0 Å². The van der Waals surface area contributed by atoms with Gasteiger partial charge in [-0.05, 0) is 65.6 Å². The van der Waals surface area contributed by atoms with E-state index in [0.29, 0.717) is 5.56 Å². The molecule has 27 heavy (non-hydrogen) atoms. The summed E-state index contributed by atoms with van der Waals surface area (Å²) in [5, 5.41) is 31.5. The number of hydrogen-bond donors (Lipinski definition) is 3. The Morgan fingerprint density at radius 2 is 1.48 bits per heavy atom. The van der Waals surface area contributed by atoms with Crippen LogP contribution in [0.15, 0.2) is 66.7 Å². The topological polar surface area (TPSA) is 60.7 Å². The highest BCUT2D eigenvalue weighted by Crippen LogP contribution is 2.62. The molecule has 2 atom stereocenters. The van der Waals surface area contributed by atoms with Gasteiger partial charge in [0.1, 0.15) is 11.5 Å². The van der Waals surface area contributed by atoms with Crippen LogP contribution >= 0.6 is 0 Å². The Morgan fingerprint density at radius 1 is 0.815 bits per heavy atom. The number of phenols is 2. The minimum absolute atomic E-state index is 0.103. The summed E-state index contributed by atoms with van der Waals surface area (Å²) in [4.78, 5) is 0. The summed E-state index contributed by atoms with van der Waals surface area (Å²) in [6, 6.07) is 21.3. The molecule has 0 fully saturated rings. The molecule has 3 aromatic carbocycles. The van der Waals surface area contributed by atoms with E-state index >= 15 is 0 Å². The summed E-state index contributed by atoms with van der Waals surface area (Å²) in [5.41, 5.74) is 5.09. The summed E-state index contributed by atoms with van der Waals surface area (Å²) in [6.07, 6.45) is 1.69. The number of aromatic hydroxyl groups is 2. The first-order chi connectivity index (χ1) is 13.1. The Kier molecular flexibility index (Phi) is 3.56. The van der Waals surface area contributed by atoms with Crippen LogP contribution < -0.4 is 0 Å². The van der Waals surface area contributed by atoms with Crippen molar-refractivity contribution < 1.29 is 15.3 Å². The number of phenolic OH excluding ortho intramolecular Hbond substituents is 2. The summed E-state index contributed by atoms with van der Waals surface area (Å²) in [6.45, 7) is 0. The van der Waals surface area contributed by atoms with E-state index in [-0.39, 0.29) is 22.8 Å². The first kappa shape index (κ1) is 16.4. The molecule has 0 aromatic heterocycles. The second kappa shape index (κ2) is 5.86. The van der Waals surface area contributed by atoms with Crippen LogP contribution in [0, 0.1) is 5.41 Å². The predicted molar refractivity (Wildman–Crippen MR) is 104 cm³/mol. The lowest BCUT2D eigenvalue weighted by Gasteiger charge is -2.35. The number of aliphatic hydroxyl groups excluding tert-OH is 1. The van der Waals surface area contributed by atoms with Crippen molar-refractivity contribution in [1.29, 1.82) is 0 Å². The molecule has 0 amide bonds. The molecule has 3 heteroatoms. The van der Waals surface area contributed by atoms with Gasteiger partial charge in [-0.2, -0.15) is 0 Å². The van der Waals surface area contributed by atoms with Gasteiger partial charge in [-0.1, -0.05) is 48.5 Å². The maximum absolute atomic E-state index is 11.4. The highest BCUT2D eigenvalue weighted by atomic mass is 16.3. The molecule has 5 rings (SSSR count). The Balaban J connectivity index is 1.63. The van der Waals surface area contributed by atoms with E-state index in [9.17, 15) is 15.3 Å². The van der Waals surface area contributed by atoms with Gasteiger partial charge in [0, 0.05) is 11.0 Å². The van der Waals surface area contributed by atoms with Crippen molar-refractivity contribution in [2.75, 3.05) is 0 Å². The van der Waals surface area contributed by atoms with Gasteiger partial charge in [0.15, 0.2) is 0 Å². The van der Waals surface area contributed by atoms with Crippen molar-refractivity contribution in [2.24, 2.45) is 5.41 Å². The predicted octanol–water partition coefficient (Wildman–Crippen LogP) is 4.26. The number of aliphatic hydroxyl groups is 1. The Hall–Kier alpha value is -2.78. The molecule has 2 aliphatic carbocycles. The molecule has 1 spiro atoms. The second-order valence-electron chi connectivity index (χ2n) is 7.96. The third kappa shape index (κ3) is 2.38. The van der Waals surface area contributed by atoms with Gasteiger partial charge in [-0.3, -0.25) is 0 Å². The summed E-state index contributed by atoms with van der Waals surface area (Å²) in [7, 11) is 0. The summed E-state index contributed by atoms with van der Waals surface area (Å²) >= 11 is 0. The molecular formula is C24H22O3. The van der Waals surface area contributed by atoms with Crippen LogP contribution in [0.25, 0.3) is 0 Å². The lowest BCUT2D eigenvalue weighted by molar-refractivity contribution is 0.0263. The Bertz CT molecular complexity index is 981. The van der Waals surface area contributed by atoms with E-state index in [4.69, 9.17) is 0 Å². The van der Waals surface area contributed by atoms with E-state index in [0.717, 1.165) is 30.4 Å². The quantitative estimate of drug-likeness (QED) is 0.642. The monoisotopic (exact) mass is 358 g/mol. The molecule has 2 unspecified atom stereocenters. The largest absolute Gasteiger partial charge is 0.508 e. The van der Waals surface area contributed by atoms with Crippen molar-refractivity contribution in [3.05, 3.63) is 94.5 Å². The van der Waals surface area contributed by atoms with Gasteiger partial charge in [-0.15, -0.1) is 0 Å². The first-order valence-corrected chi connectivity index (χ1v) is 9.43. The minimum atomic E-state index is -0.691. The van der Waals surface area contributed by atoms with Gasteiger partial charge in [-0.25, -0.2) is 0 Å². The number of hydrogen-bond acceptors (Lipinski definition) is 3. The Labute approximate surface area is 158 Å². The summed E-state index contributed by atoms with van der Waals surface area (Å²) < 4.78 is 0. The van der Waals surface area contributed by atoms with Gasteiger partial charge in [0.05, 0.1) is 6.10 Å². The first-order valence-electron chi connectivity index (χ1n) is 9.43. The molecule has 3 aromatic rings. The molecule has 0 saturated heterocycles. The highest BCUT2D eigenvalue weighted by Gasteiger charge is 2.55. The van der Waals surface area contributed by atoms with Crippen LogP contribution in [0.1, 0.15) is 39.8 Å². The molecule has 0 radical (unpaired) electrons. The molecule has 136 valence electrons. The van der Waals surface area contributed by atoms with Gasteiger partial charge in [0.2, 0.25) is 0 Å². The normalized spacial score (nSPS) is 22.0. The standard InChI is InChI=1S/C24H22O3/c25-18-10-8-15(9-11-18)12-20-19-6-3-7-21(26)22(19)23(27)24(20)13-16-4-1-2-5-17(16)14-24/h1-11,20,23,25-27H,12-14H2. The van der Waals surface area contributed by atoms with Crippen LogP contribution in [-0.2, 0) is 19.3 Å². The van der Waals surface area contributed by atoms with Crippen LogP contribution in [0.4, 0.5) is 0 Å². The number of rotatable bonds is 2. The van der Waals surface area contributed by atoms with Crippen molar-refractivity contribution in [2.45, 2.75) is 31.3 Å². The molecular weight excluding hydrogens is 336 g/mol. The van der Waals surface area contributed by atoms with Crippen LogP contribution in [-0.4, -0.2) is 15.3 Å². The SMILES string of the molecule is Oc1ccc(CC2c3cccc(O)c3C(O)C23Cc2ccccc2C3)cc1. The van der Waals surface area contributed by atoms with Gasteiger partial charge >= 0.3 is 0 Å². The van der Waals surface area contributed by atoms with E-state index < -0.39 is 6.10 Å². The Morgan fingerprint density at radius 3 is 2.15 bits per heavy atom. The van der Waals surface area contributed by atoms with Crippen LogP contribution in [0.3, 0.4) is 0 Å². The van der Waals surface area contributed by atoms with Crippen LogP contribution in [0.5, 0.6) is 11.5 Å². The highest BCUT2D eigenvalue weighted by molar-refractivity contribution is 5.53. The minimum Gasteiger partial charge on any atom is -0.508 e. The third-order valence-corrected chi connectivity index (χ3v) is 6.54. The molecule has 0 saturated carbocycles. The maximum Gasteiger partial charge on any atom is 0.121 e. The lowest BCUT2D eigenvalue weighted by Crippen LogP contribution is -2.32. The molecule has 3 nitrogen and oxygen atoms in total. The average Bonchev–Trinajstić information content (AvgIpc) is 3.16. The zero-order valence-electron chi connectivity index (χ0n) is 15.0. The number of benzene rings is 3. The zero-order valence-corrected chi connectivity index (χ0v) is 15.0. The third-order valence-electron chi connectivity index (χ3n) is 6.54. The molecule has 2 aliphatic rings. The van der Waals surface area contributed by atoms with E-state index in [1.807, 2.05) is 24.3 Å². The second-order valence-corrected chi connectivity index (χ2v) is 7.96. The molecule has 0 bridgehead atoms. The fourth-order valence-electron chi connectivity index (χ4n) is 5.25. The average molecular weight is 358 g/mol.